The van der Waals surface area contributed by atoms with Crippen molar-refractivity contribution in [2.45, 2.75) is 31.2 Å². The van der Waals surface area contributed by atoms with Crippen molar-refractivity contribution in [1.29, 1.82) is 0 Å². The van der Waals surface area contributed by atoms with Crippen molar-refractivity contribution < 1.29 is 8.42 Å². The first-order valence-electron chi connectivity index (χ1n) is 7.26. The van der Waals surface area contributed by atoms with Crippen LogP contribution in [-0.2, 0) is 10.0 Å². The number of pyridine rings is 1. The van der Waals surface area contributed by atoms with E-state index in [0.717, 1.165) is 19.3 Å². The summed E-state index contributed by atoms with van der Waals surface area (Å²) in [5, 5.41) is 0.0925. The summed E-state index contributed by atoms with van der Waals surface area (Å²) in [7, 11) is -3.61. The Labute approximate surface area is 124 Å². The summed E-state index contributed by atoms with van der Waals surface area (Å²) < 4.78 is 29.0. The number of hydrogen-bond acceptors (Lipinski definition) is 4. The van der Waals surface area contributed by atoms with Crippen LogP contribution in [0.1, 0.15) is 26.2 Å². The van der Waals surface area contributed by atoms with Gasteiger partial charge in [0, 0.05) is 19.3 Å². The Morgan fingerprint density at radius 2 is 2.24 bits per heavy atom. The topological polar surface area (TPSA) is 80.7 Å². The molecule has 2 aromatic rings. The average molecular weight is 308 g/mol. The summed E-state index contributed by atoms with van der Waals surface area (Å²) >= 11 is 0. The Bertz CT molecular complexity index is 753. The van der Waals surface area contributed by atoms with Crippen LogP contribution in [0.3, 0.4) is 0 Å². The van der Waals surface area contributed by atoms with Crippen molar-refractivity contribution in [2.24, 2.45) is 5.92 Å². The van der Waals surface area contributed by atoms with Crippen molar-refractivity contribution in [3.8, 4) is 0 Å². The third-order valence-corrected chi connectivity index (χ3v) is 6.06. The van der Waals surface area contributed by atoms with E-state index in [1.165, 1.54) is 0 Å². The number of hydrogen-bond donors (Lipinski definition) is 1. The molecule has 0 aliphatic carbocycles. The average Bonchev–Trinajstić information content (AvgIpc) is 2.83. The number of rotatable bonds is 3. The first kappa shape index (κ1) is 14.3. The lowest BCUT2D eigenvalue weighted by atomic mass is 9.97. The van der Waals surface area contributed by atoms with Crippen LogP contribution in [0.2, 0.25) is 0 Å². The maximum Gasteiger partial charge on any atom is 0.262 e. The molecule has 0 saturated carbocycles. The number of anilines is 1. The molecule has 6 nitrogen and oxygen atoms in total. The molecular weight excluding hydrogens is 288 g/mol. The van der Waals surface area contributed by atoms with E-state index in [0.29, 0.717) is 24.7 Å². The molecule has 21 heavy (non-hydrogen) atoms. The fraction of sp³-hybridized carbons (Fsp3) is 0.500. The molecule has 0 amide bonds. The van der Waals surface area contributed by atoms with Crippen LogP contribution in [0.25, 0.3) is 5.65 Å². The molecule has 1 aliphatic heterocycles. The zero-order valence-corrected chi connectivity index (χ0v) is 12.9. The molecule has 2 N–H and O–H groups in total. The van der Waals surface area contributed by atoms with Crippen LogP contribution in [0.15, 0.2) is 29.4 Å². The van der Waals surface area contributed by atoms with Gasteiger partial charge in [-0.3, -0.25) is 4.40 Å². The van der Waals surface area contributed by atoms with Gasteiger partial charge in [-0.2, -0.15) is 4.31 Å². The fourth-order valence-corrected chi connectivity index (χ4v) is 4.68. The first-order valence-corrected chi connectivity index (χ1v) is 8.70. The van der Waals surface area contributed by atoms with Crippen molar-refractivity contribution in [2.75, 3.05) is 18.8 Å². The highest BCUT2D eigenvalue weighted by atomic mass is 32.2. The highest BCUT2D eigenvalue weighted by Gasteiger charge is 2.33. The van der Waals surface area contributed by atoms with Gasteiger partial charge in [-0.1, -0.05) is 19.4 Å². The Balaban J connectivity index is 2.06. The molecule has 1 unspecified atom stereocenters. The number of fused-ring (bicyclic) bond motifs is 1. The van der Waals surface area contributed by atoms with Crippen LogP contribution < -0.4 is 5.73 Å². The van der Waals surface area contributed by atoms with E-state index in [1.807, 2.05) is 6.07 Å². The Morgan fingerprint density at radius 3 is 3.00 bits per heavy atom. The van der Waals surface area contributed by atoms with Crippen molar-refractivity contribution in [1.82, 2.24) is 13.7 Å². The van der Waals surface area contributed by atoms with Crippen LogP contribution in [0, 0.1) is 5.92 Å². The number of piperidine rings is 1. The Hall–Kier alpha value is -1.60. The number of aromatic nitrogens is 2. The van der Waals surface area contributed by atoms with Crippen LogP contribution in [-0.4, -0.2) is 35.2 Å². The lowest BCUT2D eigenvalue weighted by Crippen LogP contribution is -2.40. The van der Waals surface area contributed by atoms with E-state index in [4.69, 9.17) is 5.73 Å². The predicted molar refractivity (Wildman–Crippen MR) is 81.4 cm³/mol. The van der Waals surface area contributed by atoms with Crippen molar-refractivity contribution in [3.05, 3.63) is 24.4 Å². The summed E-state index contributed by atoms with van der Waals surface area (Å²) in [5.41, 5.74) is 6.43. The summed E-state index contributed by atoms with van der Waals surface area (Å²) in [6.07, 6.45) is 4.67. The fourth-order valence-electron chi connectivity index (χ4n) is 2.95. The van der Waals surface area contributed by atoms with Crippen LogP contribution in [0.5, 0.6) is 0 Å². The summed E-state index contributed by atoms with van der Waals surface area (Å²) in [5.74, 6) is 0.494. The van der Waals surface area contributed by atoms with Gasteiger partial charge in [0.05, 0.1) is 0 Å². The van der Waals surface area contributed by atoms with Gasteiger partial charge in [-0.25, -0.2) is 13.4 Å². The number of sulfonamides is 1. The maximum atomic E-state index is 12.9. The predicted octanol–water partition coefficient (Wildman–Crippen LogP) is 1.73. The standard InChI is InChI=1S/C14H20N4O2S/c1-2-11-6-5-8-17(10-11)21(19,20)14-13(15)16-12-7-3-4-9-18(12)14/h3-4,7,9,11H,2,5-6,8,10,15H2,1H3. The molecular formula is C14H20N4O2S. The molecule has 1 saturated heterocycles. The molecule has 2 aromatic heterocycles. The number of nitrogen functional groups attached to an aromatic ring is 1. The smallest absolute Gasteiger partial charge is 0.262 e. The number of nitrogens with zero attached hydrogens (tertiary/aromatic N) is 3. The highest BCUT2D eigenvalue weighted by Crippen LogP contribution is 2.28. The lowest BCUT2D eigenvalue weighted by molar-refractivity contribution is 0.261. The summed E-state index contributed by atoms with van der Waals surface area (Å²) in [4.78, 5) is 4.15. The minimum Gasteiger partial charge on any atom is -0.381 e. The molecule has 1 fully saturated rings. The Morgan fingerprint density at radius 1 is 1.43 bits per heavy atom. The van der Waals surface area contributed by atoms with E-state index in [-0.39, 0.29) is 10.8 Å². The zero-order valence-electron chi connectivity index (χ0n) is 12.1. The van der Waals surface area contributed by atoms with Crippen LogP contribution in [0.4, 0.5) is 5.82 Å². The van der Waals surface area contributed by atoms with Gasteiger partial charge in [-0.15, -0.1) is 0 Å². The number of imidazole rings is 1. The molecule has 114 valence electrons. The van der Waals surface area contributed by atoms with Crippen LogP contribution >= 0.6 is 0 Å². The van der Waals surface area contributed by atoms with Crippen molar-refractivity contribution >= 4 is 21.5 Å². The normalized spacial score (nSPS) is 20.9. The molecule has 3 rings (SSSR count). The molecule has 1 atom stereocenters. The second kappa shape index (κ2) is 5.31. The lowest BCUT2D eigenvalue weighted by Gasteiger charge is -2.31. The molecule has 0 bridgehead atoms. The molecule has 1 aliphatic rings. The zero-order chi connectivity index (χ0) is 15.0. The van der Waals surface area contributed by atoms with E-state index in [1.54, 1.807) is 27.0 Å². The monoisotopic (exact) mass is 308 g/mol. The largest absolute Gasteiger partial charge is 0.381 e. The molecule has 0 aromatic carbocycles. The molecule has 3 heterocycles. The van der Waals surface area contributed by atoms with Gasteiger partial charge in [0.2, 0.25) is 0 Å². The van der Waals surface area contributed by atoms with Gasteiger partial charge < -0.3 is 5.73 Å². The Kier molecular flexibility index (Phi) is 3.62. The van der Waals surface area contributed by atoms with Gasteiger partial charge in [0.15, 0.2) is 10.8 Å². The van der Waals surface area contributed by atoms with Gasteiger partial charge in [0.1, 0.15) is 5.65 Å². The van der Waals surface area contributed by atoms with Gasteiger partial charge >= 0.3 is 0 Å². The molecule has 0 radical (unpaired) electrons. The van der Waals surface area contributed by atoms with Crippen molar-refractivity contribution in [3.63, 3.8) is 0 Å². The third-order valence-electron chi connectivity index (χ3n) is 4.15. The van der Waals surface area contributed by atoms with Gasteiger partial charge in [0.25, 0.3) is 10.0 Å². The quantitative estimate of drug-likeness (QED) is 0.936. The summed E-state index contributed by atoms with van der Waals surface area (Å²) in [6.45, 7) is 3.22. The van der Waals surface area contributed by atoms with E-state index in [9.17, 15) is 8.42 Å². The second-order valence-corrected chi connectivity index (χ2v) is 7.36. The van der Waals surface area contributed by atoms with E-state index >= 15 is 0 Å². The summed E-state index contributed by atoms with van der Waals surface area (Å²) in [6, 6.07) is 5.34. The maximum absolute atomic E-state index is 12.9. The third kappa shape index (κ3) is 2.40. The van der Waals surface area contributed by atoms with E-state index < -0.39 is 10.0 Å². The minimum atomic E-state index is -3.61. The minimum absolute atomic E-state index is 0.0693. The second-order valence-electron chi connectivity index (χ2n) is 5.51. The number of nitrogens with two attached hydrogens (primary N) is 1. The first-order chi connectivity index (χ1) is 10.0. The molecule has 0 spiro atoms. The highest BCUT2D eigenvalue weighted by molar-refractivity contribution is 7.89. The van der Waals surface area contributed by atoms with E-state index in [2.05, 4.69) is 11.9 Å². The molecule has 7 heteroatoms. The van der Waals surface area contributed by atoms with Gasteiger partial charge in [-0.05, 0) is 30.9 Å². The SMILES string of the molecule is CCC1CCCN(S(=O)(=O)c2c(N)nc3ccccn23)C1.